The lowest BCUT2D eigenvalue weighted by Crippen LogP contribution is -2.41. The zero-order valence-corrected chi connectivity index (χ0v) is 18.9. The molecule has 8 heteroatoms. The summed E-state index contributed by atoms with van der Waals surface area (Å²) < 4.78 is 15.4. The van der Waals surface area contributed by atoms with E-state index < -0.39 is 12.0 Å². The van der Waals surface area contributed by atoms with E-state index in [1.807, 2.05) is 30.3 Å². The second kappa shape index (κ2) is 11.2. The van der Waals surface area contributed by atoms with Crippen LogP contribution in [0.4, 0.5) is 0 Å². The molecule has 2 aromatic rings. The fourth-order valence-electron chi connectivity index (χ4n) is 3.82. The van der Waals surface area contributed by atoms with Crippen LogP contribution in [0.2, 0.25) is 0 Å². The fraction of sp³-hybridized carbons (Fsp3) is 0.320. The first-order valence-electron chi connectivity index (χ1n) is 10.6. The Kier molecular flexibility index (Phi) is 8.07. The topological polar surface area (TPSA) is 94.2 Å². The molecule has 1 heterocycles. The van der Waals surface area contributed by atoms with Gasteiger partial charge in [0.25, 0.3) is 0 Å². The summed E-state index contributed by atoms with van der Waals surface area (Å²) in [6.07, 6.45) is 3.56. The number of hydrogen-bond acceptors (Lipinski definition) is 6. The Hall–Kier alpha value is -3.81. The first-order chi connectivity index (χ1) is 15.9. The molecule has 2 unspecified atom stereocenters. The second-order valence-electron chi connectivity index (χ2n) is 7.64. The largest absolute Gasteiger partial charge is 0.493 e. The standard InChI is InChI=1S/C25H28N2O6/c1-31-21-11-9-18(13-22(21)32-2)10-12-24(29)27-16-19(15-20(27)25(30)33-3)26-23(28)14-17-7-5-4-6-8-17/h4-13,19-20H,14-16H2,1-3H3,(H,26,28)/b12-10+. The van der Waals surface area contributed by atoms with Crippen LogP contribution in [0.15, 0.2) is 54.6 Å². The Labute approximate surface area is 193 Å². The van der Waals surface area contributed by atoms with Crippen molar-refractivity contribution in [3.63, 3.8) is 0 Å². The molecule has 0 spiro atoms. The van der Waals surface area contributed by atoms with E-state index in [0.717, 1.165) is 11.1 Å². The number of rotatable bonds is 8. The third-order valence-corrected chi connectivity index (χ3v) is 5.46. The molecule has 3 rings (SSSR count). The van der Waals surface area contributed by atoms with Crippen LogP contribution in [0.5, 0.6) is 11.5 Å². The average Bonchev–Trinajstić information content (AvgIpc) is 3.26. The normalized spacial score (nSPS) is 17.6. The number of benzene rings is 2. The summed E-state index contributed by atoms with van der Waals surface area (Å²) in [4.78, 5) is 39.1. The highest BCUT2D eigenvalue weighted by Gasteiger charge is 2.40. The zero-order valence-electron chi connectivity index (χ0n) is 18.9. The molecule has 174 valence electrons. The molecule has 0 aromatic heterocycles. The first kappa shape index (κ1) is 23.8. The van der Waals surface area contributed by atoms with Crippen LogP contribution >= 0.6 is 0 Å². The Morgan fingerprint density at radius 1 is 1.03 bits per heavy atom. The van der Waals surface area contributed by atoms with Crippen molar-refractivity contribution in [2.24, 2.45) is 0 Å². The van der Waals surface area contributed by atoms with E-state index in [1.165, 1.54) is 25.2 Å². The van der Waals surface area contributed by atoms with Crippen LogP contribution in [0, 0.1) is 0 Å². The van der Waals surface area contributed by atoms with E-state index in [0.29, 0.717) is 17.9 Å². The van der Waals surface area contributed by atoms with Crippen LogP contribution in [-0.4, -0.2) is 62.6 Å². The number of carbonyl (C=O) groups excluding carboxylic acids is 3. The van der Waals surface area contributed by atoms with Crippen LogP contribution in [-0.2, 0) is 25.5 Å². The molecular weight excluding hydrogens is 424 g/mol. The van der Waals surface area contributed by atoms with Gasteiger partial charge in [-0.15, -0.1) is 0 Å². The molecule has 1 N–H and O–H groups in total. The molecule has 2 atom stereocenters. The van der Waals surface area contributed by atoms with Gasteiger partial charge in [-0.2, -0.15) is 0 Å². The molecule has 33 heavy (non-hydrogen) atoms. The maximum atomic E-state index is 12.9. The number of nitrogens with one attached hydrogen (secondary N) is 1. The molecule has 0 radical (unpaired) electrons. The number of likely N-dealkylation sites (tertiary alicyclic amines) is 1. The number of ether oxygens (including phenoxy) is 3. The molecular formula is C25H28N2O6. The van der Waals surface area contributed by atoms with Gasteiger partial charge in [0.2, 0.25) is 11.8 Å². The van der Waals surface area contributed by atoms with E-state index in [1.54, 1.807) is 31.4 Å². The number of methoxy groups -OCH3 is 3. The average molecular weight is 453 g/mol. The summed E-state index contributed by atoms with van der Waals surface area (Å²) in [6, 6.07) is 13.6. The third-order valence-electron chi connectivity index (χ3n) is 5.46. The number of hydrogen-bond donors (Lipinski definition) is 1. The zero-order chi connectivity index (χ0) is 23.8. The van der Waals surface area contributed by atoms with Gasteiger partial charge in [-0.25, -0.2) is 4.79 Å². The van der Waals surface area contributed by atoms with Crippen molar-refractivity contribution in [1.29, 1.82) is 0 Å². The van der Waals surface area contributed by atoms with Crippen molar-refractivity contribution in [3.05, 3.63) is 65.7 Å². The highest BCUT2D eigenvalue weighted by Crippen LogP contribution is 2.28. The summed E-state index contributed by atoms with van der Waals surface area (Å²) in [5.74, 6) is 0.106. The van der Waals surface area contributed by atoms with Gasteiger partial charge in [0.1, 0.15) is 6.04 Å². The minimum absolute atomic E-state index is 0.162. The van der Waals surface area contributed by atoms with Crippen molar-refractivity contribution in [3.8, 4) is 11.5 Å². The van der Waals surface area contributed by atoms with Gasteiger partial charge in [0.15, 0.2) is 11.5 Å². The minimum atomic E-state index is -0.764. The van der Waals surface area contributed by atoms with Gasteiger partial charge < -0.3 is 24.4 Å². The van der Waals surface area contributed by atoms with Gasteiger partial charge in [0, 0.05) is 25.1 Å². The molecule has 1 fully saturated rings. The quantitative estimate of drug-likeness (QED) is 0.488. The number of carbonyl (C=O) groups is 3. The SMILES string of the molecule is COC(=O)C1CC(NC(=O)Cc2ccccc2)CN1C(=O)/C=C/c1ccc(OC)c(OC)c1. The van der Waals surface area contributed by atoms with Crippen LogP contribution in [0.25, 0.3) is 6.08 Å². The van der Waals surface area contributed by atoms with Crippen molar-refractivity contribution in [2.75, 3.05) is 27.9 Å². The summed E-state index contributed by atoms with van der Waals surface area (Å²) in [7, 11) is 4.37. The maximum Gasteiger partial charge on any atom is 0.328 e. The number of amides is 2. The lowest BCUT2D eigenvalue weighted by molar-refractivity contribution is -0.149. The molecule has 8 nitrogen and oxygen atoms in total. The van der Waals surface area contributed by atoms with Gasteiger partial charge in [-0.1, -0.05) is 36.4 Å². The van der Waals surface area contributed by atoms with Gasteiger partial charge >= 0.3 is 5.97 Å². The maximum absolute atomic E-state index is 12.9. The molecule has 0 aliphatic carbocycles. The van der Waals surface area contributed by atoms with E-state index >= 15 is 0 Å². The Morgan fingerprint density at radius 3 is 2.42 bits per heavy atom. The van der Waals surface area contributed by atoms with Gasteiger partial charge in [-0.3, -0.25) is 9.59 Å². The second-order valence-corrected chi connectivity index (χ2v) is 7.64. The Balaban J connectivity index is 1.68. The highest BCUT2D eigenvalue weighted by atomic mass is 16.5. The van der Waals surface area contributed by atoms with Gasteiger partial charge in [0.05, 0.1) is 27.8 Å². The first-order valence-corrected chi connectivity index (χ1v) is 10.6. The third kappa shape index (κ3) is 6.12. The summed E-state index contributed by atoms with van der Waals surface area (Å²) >= 11 is 0. The van der Waals surface area contributed by atoms with E-state index in [-0.39, 0.29) is 30.8 Å². The monoisotopic (exact) mass is 452 g/mol. The van der Waals surface area contributed by atoms with Crippen molar-refractivity contribution < 1.29 is 28.6 Å². The van der Waals surface area contributed by atoms with Crippen LogP contribution < -0.4 is 14.8 Å². The Morgan fingerprint density at radius 2 is 1.76 bits per heavy atom. The fourth-order valence-corrected chi connectivity index (χ4v) is 3.82. The van der Waals surface area contributed by atoms with E-state index in [2.05, 4.69) is 5.32 Å². The summed E-state index contributed by atoms with van der Waals surface area (Å²) in [5, 5.41) is 2.93. The van der Waals surface area contributed by atoms with Crippen molar-refractivity contribution >= 4 is 23.9 Å². The molecule has 2 aromatic carbocycles. The molecule has 0 saturated carbocycles. The van der Waals surface area contributed by atoms with Crippen LogP contribution in [0.3, 0.4) is 0 Å². The van der Waals surface area contributed by atoms with Gasteiger partial charge in [-0.05, 0) is 29.3 Å². The number of esters is 1. The molecule has 1 saturated heterocycles. The van der Waals surface area contributed by atoms with E-state index in [9.17, 15) is 14.4 Å². The molecule has 0 bridgehead atoms. The number of nitrogens with zero attached hydrogens (tertiary/aromatic N) is 1. The van der Waals surface area contributed by atoms with Crippen molar-refractivity contribution in [1.82, 2.24) is 10.2 Å². The lowest BCUT2D eigenvalue weighted by atomic mass is 10.1. The minimum Gasteiger partial charge on any atom is -0.493 e. The summed E-state index contributed by atoms with van der Waals surface area (Å²) in [6.45, 7) is 0.218. The van der Waals surface area contributed by atoms with Crippen LogP contribution in [0.1, 0.15) is 17.5 Å². The lowest BCUT2D eigenvalue weighted by Gasteiger charge is -2.20. The predicted molar refractivity (Wildman–Crippen MR) is 123 cm³/mol. The molecule has 1 aliphatic heterocycles. The smallest absolute Gasteiger partial charge is 0.328 e. The van der Waals surface area contributed by atoms with E-state index in [4.69, 9.17) is 14.2 Å². The van der Waals surface area contributed by atoms with Crippen molar-refractivity contribution in [2.45, 2.75) is 24.9 Å². The summed E-state index contributed by atoms with van der Waals surface area (Å²) in [5.41, 5.74) is 1.63. The highest BCUT2D eigenvalue weighted by molar-refractivity contribution is 5.95. The predicted octanol–water partition coefficient (Wildman–Crippen LogP) is 2.22. The molecule has 2 amide bonds. The molecule has 1 aliphatic rings. The Bertz CT molecular complexity index is 1020.